The molecule has 0 rings (SSSR count). The zero-order valence-corrected chi connectivity index (χ0v) is 7.19. The molecule has 5 N–H and O–H groups in total. The van der Waals surface area contributed by atoms with Crippen LogP contribution in [0.15, 0.2) is 0 Å². The number of carbonyl (C=O) groups is 2. The van der Waals surface area contributed by atoms with Crippen LogP contribution in [-0.2, 0) is 4.79 Å². The van der Waals surface area contributed by atoms with Gasteiger partial charge in [0.25, 0.3) is 0 Å². The summed E-state index contributed by atoms with van der Waals surface area (Å²) in [5.74, 6) is -1.02. The molecule has 0 aromatic heterocycles. The lowest BCUT2D eigenvalue weighted by atomic mass is 10.1. The summed E-state index contributed by atoms with van der Waals surface area (Å²) < 4.78 is 0. The van der Waals surface area contributed by atoms with Crippen molar-refractivity contribution < 1.29 is 19.8 Å². The number of aliphatic carboxylic acids is 1. The van der Waals surface area contributed by atoms with Crippen molar-refractivity contribution in [3.63, 3.8) is 0 Å². The zero-order chi connectivity index (χ0) is 10.3. The van der Waals surface area contributed by atoms with Gasteiger partial charge in [0.1, 0.15) is 6.04 Å². The molecule has 0 heterocycles. The molecule has 6 nitrogen and oxygen atoms in total. The Morgan fingerprint density at radius 1 is 1.31 bits per heavy atom. The Hall–Kier alpha value is -1.30. The van der Waals surface area contributed by atoms with E-state index in [0.717, 1.165) is 0 Å². The van der Waals surface area contributed by atoms with Crippen LogP contribution in [0.25, 0.3) is 0 Å². The number of carboxylic acids is 1. The van der Waals surface area contributed by atoms with E-state index in [0.29, 0.717) is 25.8 Å². The third-order valence-electron chi connectivity index (χ3n) is 1.54. The minimum Gasteiger partial charge on any atom is -0.480 e. The molecular weight excluding hydrogens is 176 g/mol. The summed E-state index contributed by atoms with van der Waals surface area (Å²) in [5.41, 5.74) is 5.22. The second kappa shape index (κ2) is 6.24. The minimum absolute atomic E-state index is 0.335. The number of unbranched alkanes of at least 4 members (excludes halogenated alkanes) is 1. The van der Waals surface area contributed by atoms with Crippen molar-refractivity contribution in [2.45, 2.75) is 25.3 Å². The van der Waals surface area contributed by atoms with Crippen LogP contribution in [0.3, 0.4) is 0 Å². The topological polar surface area (TPSA) is 113 Å². The van der Waals surface area contributed by atoms with Gasteiger partial charge in [-0.3, -0.25) is 4.79 Å². The third-order valence-corrected chi connectivity index (χ3v) is 1.54. The summed E-state index contributed by atoms with van der Waals surface area (Å²) in [7, 11) is 0. The standard InChI is InChI=1S/C7H14N2O4/c8-5(6(10)11)3-1-2-4-9-7(12)13/h5,9H,1-4,8H2,(H,10,11)(H,12,13)/t5-/m1/s1. The molecule has 76 valence electrons. The highest BCUT2D eigenvalue weighted by Gasteiger charge is 2.09. The fourth-order valence-corrected chi connectivity index (χ4v) is 0.808. The Morgan fingerprint density at radius 3 is 2.38 bits per heavy atom. The fourth-order valence-electron chi connectivity index (χ4n) is 0.808. The minimum atomic E-state index is -1.07. The molecule has 1 atom stereocenters. The second-order valence-electron chi connectivity index (χ2n) is 2.67. The number of nitrogens with two attached hydrogens (primary N) is 1. The summed E-state index contributed by atoms with van der Waals surface area (Å²) in [5, 5.41) is 18.7. The molecule has 6 heteroatoms. The van der Waals surface area contributed by atoms with E-state index in [1.165, 1.54) is 0 Å². The molecule has 0 aliphatic heterocycles. The number of nitrogens with one attached hydrogen (secondary N) is 1. The van der Waals surface area contributed by atoms with Crippen molar-refractivity contribution in [1.82, 2.24) is 5.32 Å². The number of hydrogen-bond acceptors (Lipinski definition) is 3. The smallest absolute Gasteiger partial charge is 0.404 e. The van der Waals surface area contributed by atoms with E-state index in [1.807, 2.05) is 0 Å². The molecule has 0 saturated heterocycles. The molecule has 1 amide bonds. The zero-order valence-electron chi connectivity index (χ0n) is 7.19. The maximum absolute atomic E-state index is 10.2. The summed E-state index contributed by atoms with van der Waals surface area (Å²) in [4.78, 5) is 20.2. The van der Waals surface area contributed by atoms with Crippen molar-refractivity contribution in [2.24, 2.45) is 5.73 Å². The van der Waals surface area contributed by atoms with E-state index in [9.17, 15) is 9.59 Å². The normalized spacial score (nSPS) is 12.1. The van der Waals surface area contributed by atoms with Crippen LogP contribution in [0.1, 0.15) is 19.3 Å². The average Bonchev–Trinajstić information content (AvgIpc) is 2.02. The molecule has 13 heavy (non-hydrogen) atoms. The summed E-state index contributed by atoms with van der Waals surface area (Å²) in [6.45, 7) is 0.335. The van der Waals surface area contributed by atoms with Gasteiger partial charge in [-0.1, -0.05) is 0 Å². The Labute approximate surface area is 75.7 Å². The number of hydrogen-bond donors (Lipinski definition) is 4. The van der Waals surface area contributed by atoms with Crippen LogP contribution >= 0.6 is 0 Å². The van der Waals surface area contributed by atoms with Crippen LogP contribution in [0, 0.1) is 0 Å². The Balaban J connectivity index is 3.26. The van der Waals surface area contributed by atoms with E-state index < -0.39 is 18.1 Å². The summed E-state index contributed by atoms with van der Waals surface area (Å²) in [6, 6.07) is -0.843. The van der Waals surface area contributed by atoms with Gasteiger partial charge in [-0.2, -0.15) is 0 Å². The second-order valence-corrected chi connectivity index (χ2v) is 2.67. The van der Waals surface area contributed by atoms with Crippen molar-refractivity contribution in [3.05, 3.63) is 0 Å². The van der Waals surface area contributed by atoms with Gasteiger partial charge in [0.2, 0.25) is 0 Å². The number of rotatable bonds is 6. The first-order chi connectivity index (χ1) is 6.04. The molecule has 0 bridgehead atoms. The van der Waals surface area contributed by atoms with E-state index in [-0.39, 0.29) is 0 Å². The predicted octanol–water partition coefficient (Wildman–Crippen LogP) is -0.164. The molecule has 0 fully saturated rings. The Bertz CT molecular complexity index is 183. The van der Waals surface area contributed by atoms with Gasteiger partial charge in [-0.05, 0) is 19.3 Å². The Kier molecular flexibility index (Phi) is 5.62. The van der Waals surface area contributed by atoms with Gasteiger partial charge < -0.3 is 21.3 Å². The number of carboxylic acid groups (broad SMARTS) is 2. The van der Waals surface area contributed by atoms with Crippen LogP contribution in [0.4, 0.5) is 4.79 Å². The van der Waals surface area contributed by atoms with Crippen LogP contribution in [-0.4, -0.2) is 34.9 Å². The lowest BCUT2D eigenvalue weighted by molar-refractivity contribution is -0.138. The maximum atomic E-state index is 10.2. The lowest BCUT2D eigenvalue weighted by Gasteiger charge is -2.05. The van der Waals surface area contributed by atoms with Crippen molar-refractivity contribution in [3.8, 4) is 0 Å². The van der Waals surface area contributed by atoms with E-state index in [2.05, 4.69) is 5.32 Å². The van der Waals surface area contributed by atoms with Gasteiger partial charge in [-0.15, -0.1) is 0 Å². The average molecular weight is 190 g/mol. The van der Waals surface area contributed by atoms with E-state index in [1.54, 1.807) is 0 Å². The van der Waals surface area contributed by atoms with Crippen LogP contribution in [0.5, 0.6) is 0 Å². The first-order valence-corrected chi connectivity index (χ1v) is 3.99. The first-order valence-electron chi connectivity index (χ1n) is 3.99. The predicted molar refractivity (Wildman–Crippen MR) is 45.5 cm³/mol. The van der Waals surface area contributed by atoms with Gasteiger partial charge in [0.05, 0.1) is 0 Å². The first kappa shape index (κ1) is 11.7. The van der Waals surface area contributed by atoms with Crippen molar-refractivity contribution in [2.75, 3.05) is 6.54 Å². The van der Waals surface area contributed by atoms with Crippen LogP contribution in [0.2, 0.25) is 0 Å². The largest absolute Gasteiger partial charge is 0.480 e. The number of amides is 1. The molecule has 0 aliphatic carbocycles. The van der Waals surface area contributed by atoms with Gasteiger partial charge in [0.15, 0.2) is 0 Å². The quantitative estimate of drug-likeness (QED) is 0.434. The van der Waals surface area contributed by atoms with E-state index >= 15 is 0 Å². The van der Waals surface area contributed by atoms with Crippen molar-refractivity contribution in [1.29, 1.82) is 0 Å². The molecule has 0 aliphatic rings. The van der Waals surface area contributed by atoms with Gasteiger partial charge in [0, 0.05) is 6.54 Å². The molecular formula is C7H14N2O4. The van der Waals surface area contributed by atoms with Crippen LogP contribution < -0.4 is 11.1 Å². The molecule has 0 radical (unpaired) electrons. The molecule has 0 aromatic carbocycles. The highest BCUT2D eigenvalue weighted by atomic mass is 16.4. The monoisotopic (exact) mass is 190 g/mol. The van der Waals surface area contributed by atoms with Gasteiger partial charge >= 0.3 is 12.1 Å². The molecule has 0 unspecified atom stereocenters. The Morgan fingerprint density at radius 2 is 1.92 bits per heavy atom. The highest BCUT2D eigenvalue weighted by molar-refractivity contribution is 5.72. The molecule has 0 aromatic rings. The molecule has 0 saturated carbocycles. The third kappa shape index (κ3) is 7.07. The fraction of sp³-hybridized carbons (Fsp3) is 0.714. The van der Waals surface area contributed by atoms with Gasteiger partial charge in [-0.25, -0.2) is 4.79 Å². The van der Waals surface area contributed by atoms with E-state index in [4.69, 9.17) is 15.9 Å². The SMILES string of the molecule is N[C@H](CCCCNC(=O)O)C(=O)O. The molecule has 0 spiro atoms. The highest BCUT2D eigenvalue weighted by Crippen LogP contribution is 1.97. The summed E-state index contributed by atoms with van der Waals surface area (Å²) >= 11 is 0. The van der Waals surface area contributed by atoms with Crippen molar-refractivity contribution >= 4 is 12.1 Å². The summed E-state index contributed by atoms with van der Waals surface area (Å²) in [6.07, 6.45) is 0.514. The maximum Gasteiger partial charge on any atom is 0.404 e. The lowest BCUT2D eigenvalue weighted by Crippen LogP contribution is -2.30.